The van der Waals surface area contributed by atoms with Crippen molar-refractivity contribution in [2.24, 2.45) is 5.10 Å². The van der Waals surface area contributed by atoms with Crippen molar-refractivity contribution in [3.63, 3.8) is 0 Å². The number of hydrogen-bond donors (Lipinski definition) is 0. The topological polar surface area (TPSA) is 41.4 Å². The van der Waals surface area contributed by atoms with Crippen LogP contribution < -0.4 is 5.01 Å². The molecule has 0 amide bonds. The summed E-state index contributed by atoms with van der Waals surface area (Å²) in [4.78, 5) is 10.0. The molecular formula is C30H22BrFN4. The lowest BCUT2D eigenvalue weighted by atomic mass is 9.98. The van der Waals surface area contributed by atoms with E-state index in [1.54, 1.807) is 0 Å². The third-order valence-corrected chi connectivity index (χ3v) is 6.96. The van der Waals surface area contributed by atoms with Crippen molar-refractivity contribution in [2.75, 3.05) is 5.01 Å². The molecule has 0 saturated heterocycles. The number of hydrogen-bond acceptors (Lipinski definition) is 4. The molecule has 1 aliphatic rings. The molecule has 36 heavy (non-hydrogen) atoms. The minimum atomic E-state index is -0.263. The maximum absolute atomic E-state index is 13.7. The molecule has 1 atom stereocenters. The van der Waals surface area contributed by atoms with Gasteiger partial charge >= 0.3 is 0 Å². The van der Waals surface area contributed by atoms with Crippen molar-refractivity contribution >= 4 is 38.5 Å². The van der Waals surface area contributed by atoms with Gasteiger partial charge < -0.3 is 0 Å². The van der Waals surface area contributed by atoms with Crippen molar-refractivity contribution in [1.82, 2.24) is 9.97 Å². The van der Waals surface area contributed by atoms with Gasteiger partial charge in [-0.05, 0) is 54.4 Å². The smallest absolute Gasteiger partial charge is 0.223 e. The molecule has 6 rings (SSSR count). The molecular weight excluding hydrogens is 515 g/mol. The van der Waals surface area contributed by atoms with Crippen LogP contribution in [0.15, 0.2) is 107 Å². The van der Waals surface area contributed by atoms with Crippen molar-refractivity contribution in [1.29, 1.82) is 0 Å². The van der Waals surface area contributed by atoms with Gasteiger partial charge in [0.1, 0.15) is 5.82 Å². The second kappa shape index (κ2) is 9.28. The fourth-order valence-electron chi connectivity index (χ4n) is 4.60. The van der Waals surface area contributed by atoms with Gasteiger partial charge in [-0.3, -0.25) is 0 Å². The summed E-state index contributed by atoms with van der Waals surface area (Å²) in [5.41, 5.74) is 6.82. The summed E-state index contributed by atoms with van der Waals surface area (Å²) in [5.74, 6) is 0.257. The summed E-state index contributed by atoms with van der Waals surface area (Å²) in [6.07, 6.45) is 0.656. The first-order valence-corrected chi connectivity index (χ1v) is 12.6. The molecule has 0 aliphatic carbocycles. The number of halogens is 2. The van der Waals surface area contributed by atoms with E-state index in [1.807, 2.05) is 65.7 Å². The van der Waals surface area contributed by atoms with Crippen LogP contribution in [0.2, 0.25) is 0 Å². The summed E-state index contributed by atoms with van der Waals surface area (Å²) in [6, 6.07) is 30.9. The van der Waals surface area contributed by atoms with E-state index in [2.05, 4.69) is 47.1 Å². The van der Waals surface area contributed by atoms with E-state index in [0.29, 0.717) is 12.4 Å². The average molecular weight is 537 g/mol. The summed E-state index contributed by atoms with van der Waals surface area (Å²) in [6.45, 7) is 2.07. The summed E-state index contributed by atoms with van der Waals surface area (Å²) < 4.78 is 14.8. The van der Waals surface area contributed by atoms with E-state index in [1.165, 1.54) is 12.1 Å². The van der Waals surface area contributed by atoms with E-state index in [0.717, 1.165) is 49.0 Å². The number of fused-ring (bicyclic) bond motifs is 1. The molecule has 1 aromatic heterocycles. The molecule has 5 aromatic rings. The van der Waals surface area contributed by atoms with Crippen LogP contribution in [0.25, 0.3) is 22.2 Å². The molecule has 0 saturated carbocycles. The molecule has 6 heteroatoms. The Morgan fingerprint density at radius 1 is 0.833 bits per heavy atom. The zero-order valence-electron chi connectivity index (χ0n) is 19.6. The molecule has 0 bridgehead atoms. The van der Waals surface area contributed by atoms with E-state index in [-0.39, 0.29) is 11.9 Å². The van der Waals surface area contributed by atoms with Gasteiger partial charge in [-0.15, -0.1) is 0 Å². The molecule has 4 nitrogen and oxygen atoms in total. The van der Waals surface area contributed by atoms with Gasteiger partial charge in [-0.2, -0.15) is 5.10 Å². The molecule has 0 N–H and O–H groups in total. The maximum Gasteiger partial charge on any atom is 0.247 e. The van der Waals surface area contributed by atoms with Gasteiger partial charge in [0.2, 0.25) is 5.95 Å². The highest BCUT2D eigenvalue weighted by Crippen LogP contribution is 2.38. The Labute approximate surface area is 217 Å². The van der Waals surface area contributed by atoms with Crippen LogP contribution in [0, 0.1) is 12.7 Å². The number of aromatic nitrogens is 2. The van der Waals surface area contributed by atoms with E-state index in [9.17, 15) is 4.39 Å². The van der Waals surface area contributed by atoms with Gasteiger partial charge in [-0.25, -0.2) is 19.4 Å². The third-order valence-electron chi connectivity index (χ3n) is 6.43. The van der Waals surface area contributed by atoms with Gasteiger partial charge in [0.05, 0.1) is 23.0 Å². The Morgan fingerprint density at radius 2 is 1.58 bits per heavy atom. The standard InChI is InChI=1S/C30H22BrFN4/c1-19-7-16-26-25(17-19)29(22-5-3-2-4-6-22)34-30(33-26)36-28(21-10-14-24(32)15-11-21)18-27(35-36)20-8-12-23(31)13-9-20/h2-17,28H,18H2,1H3. The molecule has 176 valence electrons. The van der Waals surface area contributed by atoms with Crippen LogP contribution in [-0.2, 0) is 0 Å². The fraction of sp³-hybridized carbons (Fsp3) is 0.100. The Kier molecular flexibility index (Phi) is 5.82. The Hall–Kier alpha value is -3.90. The number of benzene rings is 4. The first-order chi connectivity index (χ1) is 17.5. The quantitative estimate of drug-likeness (QED) is 0.234. The van der Waals surface area contributed by atoms with Crippen LogP contribution in [0.3, 0.4) is 0 Å². The van der Waals surface area contributed by atoms with E-state index < -0.39 is 0 Å². The number of anilines is 1. The van der Waals surface area contributed by atoms with Crippen LogP contribution >= 0.6 is 15.9 Å². The van der Waals surface area contributed by atoms with E-state index in [4.69, 9.17) is 15.1 Å². The zero-order chi connectivity index (χ0) is 24.6. The maximum atomic E-state index is 13.7. The Bertz CT molecular complexity index is 1580. The van der Waals surface area contributed by atoms with Crippen molar-refractivity contribution in [3.8, 4) is 11.3 Å². The summed E-state index contributed by atoms with van der Waals surface area (Å²) >= 11 is 3.51. The molecule has 0 spiro atoms. The Morgan fingerprint density at radius 3 is 2.33 bits per heavy atom. The Balaban J connectivity index is 1.53. The SMILES string of the molecule is Cc1ccc2nc(N3N=C(c4ccc(Br)cc4)CC3c3ccc(F)cc3)nc(-c3ccccc3)c2c1. The molecule has 0 radical (unpaired) electrons. The average Bonchev–Trinajstić information content (AvgIpc) is 3.35. The lowest BCUT2D eigenvalue weighted by Crippen LogP contribution is -2.21. The normalized spacial score (nSPS) is 15.4. The lowest BCUT2D eigenvalue weighted by Gasteiger charge is -2.23. The van der Waals surface area contributed by atoms with Crippen LogP contribution in [-0.4, -0.2) is 15.7 Å². The second-order valence-electron chi connectivity index (χ2n) is 8.93. The zero-order valence-corrected chi connectivity index (χ0v) is 21.2. The highest BCUT2D eigenvalue weighted by atomic mass is 79.9. The highest BCUT2D eigenvalue weighted by molar-refractivity contribution is 9.10. The van der Waals surface area contributed by atoms with Gasteiger partial charge in [0, 0.05) is 21.8 Å². The summed E-state index contributed by atoms with van der Waals surface area (Å²) in [7, 11) is 0. The molecule has 0 fully saturated rings. The number of nitrogens with zero attached hydrogens (tertiary/aromatic N) is 4. The lowest BCUT2D eigenvalue weighted by molar-refractivity contribution is 0.623. The number of rotatable bonds is 4. The first kappa shape index (κ1) is 22.6. The van der Waals surface area contributed by atoms with Crippen molar-refractivity contribution in [2.45, 2.75) is 19.4 Å². The summed E-state index contributed by atoms with van der Waals surface area (Å²) in [5, 5.41) is 7.90. The minimum absolute atomic E-state index is 0.157. The highest BCUT2D eigenvalue weighted by Gasteiger charge is 2.32. The van der Waals surface area contributed by atoms with Crippen LogP contribution in [0.1, 0.15) is 29.2 Å². The number of hydrazone groups is 1. The van der Waals surface area contributed by atoms with Crippen LogP contribution in [0.5, 0.6) is 0 Å². The first-order valence-electron chi connectivity index (χ1n) is 11.8. The molecule has 1 aliphatic heterocycles. The number of aryl methyl sites for hydroxylation is 1. The van der Waals surface area contributed by atoms with Crippen molar-refractivity contribution < 1.29 is 4.39 Å². The minimum Gasteiger partial charge on any atom is -0.223 e. The second-order valence-corrected chi connectivity index (χ2v) is 9.84. The fourth-order valence-corrected chi connectivity index (χ4v) is 4.87. The molecule has 4 aromatic carbocycles. The van der Waals surface area contributed by atoms with Gasteiger partial charge in [0.15, 0.2) is 0 Å². The molecule has 2 heterocycles. The van der Waals surface area contributed by atoms with E-state index >= 15 is 0 Å². The molecule has 1 unspecified atom stereocenters. The van der Waals surface area contributed by atoms with Crippen molar-refractivity contribution in [3.05, 3.63) is 124 Å². The predicted molar refractivity (Wildman–Crippen MR) is 147 cm³/mol. The van der Waals surface area contributed by atoms with Gasteiger partial charge in [0.25, 0.3) is 0 Å². The monoisotopic (exact) mass is 536 g/mol. The predicted octanol–water partition coefficient (Wildman–Crippen LogP) is 7.86. The van der Waals surface area contributed by atoms with Gasteiger partial charge in [-0.1, -0.05) is 82.2 Å². The van der Waals surface area contributed by atoms with Crippen LogP contribution in [0.4, 0.5) is 10.3 Å². The third kappa shape index (κ3) is 4.29. The largest absolute Gasteiger partial charge is 0.247 e.